The Kier molecular flexibility index (Phi) is 5.02. The van der Waals surface area contributed by atoms with Crippen LogP contribution in [0, 0.1) is 20.8 Å². The Hall–Kier alpha value is -3.15. The van der Waals surface area contributed by atoms with E-state index in [1.54, 1.807) is 19.1 Å². The van der Waals surface area contributed by atoms with Gasteiger partial charge in [-0.25, -0.2) is 0 Å². The lowest BCUT2D eigenvalue weighted by Gasteiger charge is -2.06. The molecule has 0 bridgehead atoms. The molecule has 26 heavy (non-hydrogen) atoms. The average molecular weight is 350 g/mol. The lowest BCUT2D eigenvalue weighted by Crippen LogP contribution is -2.14. The van der Waals surface area contributed by atoms with Gasteiger partial charge in [0, 0.05) is 5.69 Å². The molecule has 0 spiro atoms. The number of rotatable bonds is 5. The van der Waals surface area contributed by atoms with Gasteiger partial charge >= 0.3 is 0 Å². The fraction of sp³-hybridized carbons (Fsp3) is 0.250. The zero-order valence-corrected chi connectivity index (χ0v) is 15.4. The lowest BCUT2D eigenvalue weighted by molar-refractivity contribution is 0.102. The molecular formula is C20H22N4O2. The molecule has 3 rings (SSSR count). The highest BCUT2D eigenvalue weighted by molar-refractivity contribution is 6.03. The number of aromatic nitrogens is 3. The van der Waals surface area contributed by atoms with Gasteiger partial charge in [0.15, 0.2) is 5.69 Å². The molecule has 0 fully saturated rings. The highest BCUT2D eigenvalue weighted by Gasteiger charge is 2.17. The SMILES string of the molecule is CCOc1ccc(NC(=O)c2nn(-c3ccc(C)cc3C)nc2C)cc1. The van der Waals surface area contributed by atoms with Crippen molar-refractivity contribution in [2.75, 3.05) is 11.9 Å². The van der Waals surface area contributed by atoms with Gasteiger partial charge in [-0.3, -0.25) is 4.79 Å². The fourth-order valence-corrected chi connectivity index (χ4v) is 2.72. The van der Waals surface area contributed by atoms with Crippen molar-refractivity contribution in [3.63, 3.8) is 0 Å². The minimum absolute atomic E-state index is 0.289. The van der Waals surface area contributed by atoms with Gasteiger partial charge in [-0.15, -0.1) is 5.10 Å². The maximum Gasteiger partial charge on any atom is 0.278 e. The second kappa shape index (κ2) is 7.39. The van der Waals surface area contributed by atoms with E-state index in [1.165, 1.54) is 10.4 Å². The molecule has 0 aliphatic rings. The van der Waals surface area contributed by atoms with Crippen molar-refractivity contribution in [2.45, 2.75) is 27.7 Å². The Balaban J connectivity index is 1.81. The minimum atomic E-state index is -0.289. The van der Waals surface area contributed by atoms with Crippen LogP contribution in [0.5, 0.6) is 5.75 Å². The first kappa shape index (κ1) is 17.7. The van der Waals surface area contributed by atoms with E-state index < -0.39 is 0 Å². The Morgan fingerprint density at radius 3 is 2.46 bits per heavy atom. The van der Waals surface area contributed by atoms with Gasteiger partial charge in [0.05, 0.1) is 18.0 Å². The Bertz CT molecular complexity index is 929. The molecule has 3 aromatic rings. The molecule has 6 heteroatoms. The smallest absolute Gasteiger partial charge is 0.278 e. The van der Waals surface area contributed by atoms with Crippen LogP contribution in [0.4, 0.5) is 5.69 Å². The zero-order chi connectivity index (χ0) is 18.7. The van der Waals surface area contributed by atoms with Crippen LogP contribution in [0.25, 0.3) is 5.69 Å². The molecule has 1 aromatic heterocycles. The van der Waals surface area contributed by atoms with Gasteiger partial charge in [0.1, 0.15) is 5.75 Å². The molecule has 2 aromatic carbocycles. The van der Waals surface area contributed by atoms with Crippen molar-refractivity contribution in [3.8, 4) is 11.4 Å². The highest BCUT2D eigenvalue weighted by Crippen LogP contribution is 2.18. The molecule has 0 atom stereocenters. The number of ether oxygens (including phenoxy) is 1. The van der Waals surface area contributed by atoms with E-state index in [1.807, 2.05) is 45.0 Å². The van der Waals surface area contributed by atoms with Crippen LogP contribution in [0.2, 0.25) is 0 Å². The number of anilines is 1. The molecule has 6 nitrogen and oxygen atoms in total. The van der Waals surface area contributed by atoms with Crippen LogP contribution in [0.3, 0.4) is 0 Å². The summed E-state index contributed by atoms with van der Waals surface area (Å²) in [5, 5.41) is 11.6. The standard InChI is InChI=1S/C20H22N4O2/c1-5-26-17-9-7-16(8-10-17)21-20(25)19-15(4)22-24(23-19)18-11-6-13(2)12-14(18)3/h6-12H,5H2,1-4H3,(H,21,25). The number of nitrogens with one attached hydrogen (secondary N) is 1. The second-order valence-electron chi connectivity index (χ2n) is 6.12. The number of carbonyl (C=O) groups is 1. The number of hydrogen-bond acceptors (Lipinski definition) is 4. The maximum atomic E-state index is 12.6. The highest BCUT2D eigenvalue weighted by atomic mass is 16.5. The fourth-order valence-electron chi connectivity index (χ4n) is 2.72. The first-order valence-electron chi connectivity index (χ1n) is 8.53. The Labute approximate surface area is 152 Å². The molecule has 0 unspecified atom stereocenters. The van der Waals surface area contributed by atoms with E-state index in [2.05, 4.69) is 21.6 Å². The molecule has 1 heterocycles. The molecule has 0 radical (unpaired) electrons. The van der Waals surface area contributed by atoms with Gasteiger partial charge in [-0.2, -0.15) is 9.90 Å². The van der Waals surface area contributed by atoms with Crippen molar-refractivity contribution in [1.82, 2.24) is 15.0 Å². The third-order valence-electron chi connectivity index (χ3n) is 3.99. The topological polar surface area (TPSA) is 69.0 Å². The quantitative estimate of drug-likeness (QED) is 0.759. The van der Waals surface area contributed by atoms with E-state index in [-0.39, 0.29) is 5.91 Å². The summed E-state index contributed by atoms with van der Waals surface area (Å²) in [6.07, 6.45) is 0. The van der Waals surface area contributed by atoms with Crippen LogP contribution in [-0.2, 0) is 0 Å². The van der Waals surface area contributed by atoms with Crippen LogP contribution < -0.4 is 10.1 Å². The molecule has 1 amide bonds. The third-order valence-corrected chi connectivity index (χ3v) is 3.99. The van der Waals surface area contributed by atoms with Gasteiger partial charge in [0.2, 0.25) is 0 Å². The number of carbonyl (C=O) groups excluding carboxylic acids is 1. The van der Waals surface area contributed by atoms with Crippen LogP contribution in [0.15, 0.2) is 42.5 Å². The number of amides is 1. The molecule has 134 valence electrons. The van der Waals surface area contributed by atoms with Gasteiger partial charge in [-0.1, -0.05) is 17.7 Å². The summed E-state index contributed by atoms with van der Waals surface area (Å²) < 4.78 is 5.40. The largest absolute Gasteiger partial charge is 0.494 e. The van der Waals surface area contributed by atoms with Gasteiger partial charge < -0.3 is 10.1 Å². The molecule has 0 saturated heterocycles. The van der Waals surface area contributed by atoms with Crippen molar-refractivity contribution in [2.24, 2.45) is 0 Å². The molecular weight excluding hydrogens is 328 g/mol. The first-order chi connectivity index (χ1) is 12.5. The Morgan fingerprint density at radius 2 is 1.81 bits per heavy atom. The van der Waals surface area contributed by atoms with E-state index in [4.69, 9.17) is 4.74 Å². The maximum absolute atomic E-state index is 12.6. The summed E-state index contributed by atoms with van der Waals surface area (Å²) in [7, 11) is 0. The average Bonchev–Trinajstić information content (AvgIpc) is 2.98. The summed E-state index contributed by atoms with van der Waals surface area (Å²) >= 11 is 0. The number of aryl methyl sites for hydroxylation is 3. The summed E-state index contributed by atoms with van der Waals surface area (Å²) in [5.74, 6) is 0.477. The van der Waals surface area contributed by atoms with Crippen molar-refractivity contribution < 1.29 is 9.53 Å². The van der Waals surface area contributed by atoms with Gasteiger partial charge in [-0.05, 0) is 63.6 Å². The van der Waals surface area contributed by atoms with E-state index in [0.717, 1.165) is 17.0 Å². The molecule has 0 saturated carbocycles. The minimum Gasteiger partial charge on any atom is -0.494 e. The molecule has 0 aliphatic heterocycles. The third kappa shape index (κ3) is 3.74. The molecule has 0 aliphatic carbocycles. The summed E-state index contributed by atoms with van der Waals surface area (Å²) in [5.41, 5.74) is 4.65. The van der Waals surface area contributed by atoms with Crippen molar-refractivity contribution >= 4 is 11.6 Å². The molecule has 1 N–H and O–H groups in total. The lowest BCUT2D eigenvalue weighted by atomic mass is 10.1. The number of nitrogens with zero attached hydrogens (tertiary/aromatic N) is 3. The zero-order valence-electron chi connectivity index (χ0n) is 15.4. The summed E-state index contributed by atoms with van der Waals surface area (Å²) in [4.78, 5) is 14.1. The first-order valence-corrected chi connectivity index (χ1v) is 8.53. The monoisotopic (exact) mass is 350 g/mol. The van der Waals surface area contributed by atoms with E-state index in [9.17, 15) is 4.79 Å². The summed E-state index contributed by atoms with van der Waals surface area (Å²) in [6, 6.07) is 13.3. The number of hydrogen-bond donors (Lipinski definition) is 1. The van der Waals surface area contributed by atoms with E-state index in [0.29, 0.717) is 23.7 Å². The number of benzene rings is 2. The summed E-state index contributed by atoms with van der Waals surface area (Å²) in [6.45, 7) is 8.35. The van der Waals surface area contributed by atoms with Crippen LogP contribution in [-0.4, -0.2) is 27.5 Å². The predicted octanol–water partition coefficient (Wildman–Crippen LogP) is 3.84. The predicted molar refractivity (Wildman–Crippen MR) is 101 cm³/mol. The second-order valence-corrected chi connectivity index (χ2v) is 6.12. The van der Waals surface area contributed by atoms with Crippen LogP contribution >= 0.6 is 0 Å². The van der Waals surface area contributed by atoms with Crippen LogP contribution in [0.1, 0.15) is 34.2 Å². The normalized spacial score (nSPS) is 10.6. The Morgan fingerprint density at radius 1 is 1.08 bits per heavy atom. The van der Waals surface area contributed by atoms with Gasteiger partial charge in [0.25, 0.3) is 5.91 Å². The van der Waals surface area contributed by atoms with Crippen molar-refractivity contribution in [1.29, 1.82) is 0 Å². The van der Waals surface area contributed by atoms with E-state index >= 15 is 0 Å². The van der Waals surface area contributed by atoms with Crippen molar-refractivity contribution in [3.05, 3.63) is 65.0 Å².